The number of carbonyl (C=O) groups is 1. The molecule has 0 saturated carbocycles. The van der Waals surface area contributed by atoms with E-state index < -0.39 is 0 Å². The molecule has 4 aliphatic heterocycles. The molecule has 0 spiro atoms. The first kappa shape index (κ1) is 16.5. The van der Waals surface area contributed by atoms with Crippen LogP contribution in [-0.2, 0) is 9.53 Å². The molecule has 5 heteroatoms. The van der Waals surface area contributed by atoms with Crippen molar-refractivity contribution in [3.05, 3.63) is 48.0 Å². The van der Waals surface area contributed by atoms with Crippen LogP contribution in [0.3, 0.4) is 0 Å². The van der Waals surface area contributed by atoms with Crippen molar-refractivity contribution in [2.45, 2.75) is 37.2 Å². The fourth-order valence-corrected chi connectivity index (χ4v) is 5.17. The SMILES string of the molecule is O=C(C(c1ccccc1)N1CCC(O)CC1)N1CC2C3C=CC(O3)C2C1. The summed E-state index contributed by atoms with van der Waals surface area (Å²) in [6.45, 7) is 3.13. The van der Waals surface area contributed by atoms with Crippen molar-refractivity contribution in [2.75, 3.05) is 26.2 Å². The smallest absolute Gasteiger partial charge is 0.244 e. The first-order chi connectivity index (χ1) is 12.7. The van der Waals surface area contributed by atoms with E-state index in [1.165, 1.54) is 0 Å². The van der Waals surface area contributed by atoms with Crippen LogP contribution in [0.25, 0.3) is 0 Å². The Balaban J connectivity index is 1.38. The zero-order valence-electron chi connectivity index (χ0n) is 14.9. The summed E-state index contributed by atoms with van der Waals surface area (Å²) in [6, 6.07) is 9.87. The van der Waals surface area contributed by atoms with Gasteiger partial charge in [0.05, 0.1) is 18.3 Å². The predicted molar refractivity (Wildman–Crippen MR) is 97.4 cm³/mol. The van der Waals surface area contributed by atoms with Crippen LogP contribution < -0.4 is 0 Å². The minimum Gasteiger partial charge on any atom is -0.393 e. The van der Waals surface area contributed by atoms with Crippen LogP contribution in [0.5, 0.6) is 0 Å². The number of hydrogen-bond donors (Lipinski definition) is 1. The van der Waals surface area contributed by atoms with E-state index in [0.29, 0.717) is 11.8 Å². The second-order valence-electron chi connectivity index (χ2n) is 8.10. The highest BCUT2D eigenvalue weighted by Crippen LogP contribution is 2.44. The van der Waals surface area contributed by atoms with Crippen molar-refractivity contribution in [1.82, 2.24) is 9.80 Å². The first-order valence-electron chi connectivity index (χ1n) is 9.80. The zero-order chi connectivity index (χ0) is 17.7. The number of aliphatic hydroxyl groups excluding tert-OH is 1. The Hall–Kier alpha value is -1.69. The average molecular weight is 354 g/mol. The maximum absolute atomic E-state index is 13.6. The van der Waals surface area contributed by atoms with Crippen molar-refractivity contribution in [2.24, 2.45) is 11.8 Å². The van der Waals surface area contributed by atoms with Crippen molar-refractivity contribution in [3.8, 4) is 0 Å². The number of nitrogens with zero attached hydrogens (tertiary/aromatic N) is 2. The monoisotopic (exact) mass is 354 g/mol. The lowest BCUT2D eigenvalue weighted by Gasteiger charge is -2.37. The van der Waals surface area contributed by atoms with Crippen molar-refractivity contribution in [1.29, 1.82) is 0 Å². The van der Waals surface area contributed by atoms with E-state index >= 15 is 0 Å². The minimum absolute atomic E-state index is 0.197. The zero-order valence-corrected chi connectivity index (χ0v) is 14.9. The Morgan fingerprint density at radius 1 is 1.04 bits per heavy atom. The van der Waals surface area contributed by atoms with Gasteiger partial charge >= 0.3 is 0 Å². The molecule has 4 aliphatic rings. The summed E-state index contributed by atoms with van der Waals surface area (Å²) < 4.78 is 5.95. The molecule has 5 nitrogen and oxygen atoms in total. The standard InChI is InChI=1S/C21H26N2O3/c24-15-8-10-22(11-9-15)20(14-4-2-1-3-5-14)21(25)23-12-16-17(13-23)19-7-6-18(16)26-19/h1-7,15-20,24H,8-13H2. The summed E-state index contributed by atoms with van der Waals surface area (Å²) in [5.41, 5.74) is 1.06. The normalized spacial score (nSPS) is 35.0. The van der Waals surface area contributed by atoms with Gasteiger partial charge in [-0.15, -0.1) is 0 Å². The Kier molecular flexibility index (Phi) is 4.11. The third-order valence-electron chi connectivity index (χ3n) is 6.59. The number of carbonyl (C=O) groups excluding carboxylic acids is 1. The topological polar surface area (TPSA) is 53.0 Å². The van der Waals surface area contributed by atoms with Gasteiger partial charge in [-0.25, -0.2) is 0 Å². The van der Waals surface area contributed by atoms with Gasteiger partial charge < -0.3 is 14.7 Å². The van der Waals surface area contributed by atoms with Crippen LogP contribution in [0.4, 0.5) is 0 Å². The van der Waals surface area contributed by atoms with Crippen LogP contribution in [0, 0.1) is 11.8 Å². The molecule has 1 aromatic carbocycles. The molecule has 0 aromatic heterocycles. The van der Waals surface area contributed by atoms with Crippen LogP contribution >= 0.6 is 0 Å². The highest BCUT2D eigenvalue weighted by Gasteiger charge is 2.52. The summed E-state index contributed by atoms with van der Waals surface area (Å²) in [7, 11) is 0. The quantitative estimate of drug-likeness (QED) is 0.838. The third kappa shape index (κ3) is 2.70. The van der Waals surface area contributed by atoms with E-state index in [0.717, 1.165) is 44.6 Å². The summed E-state index contributed by atoms with van der Waals surface area (Å²) in [6.07, 6.45) is 5.98. The van der Waals surface area contributed by atoms with E-state index in [4.69, 9.17) is 4.74 Å². The van der Waals surface area contributed by atoms with Gasteiger partial charge in [-0.05, 0) is 18.4 Å². The Morgan fingerprint density at radius 2 is 1.65 bits per heavy atom. The molecular weight excluding hydrogens is 328 g/mol. The van der Waals surface area contributed by atoms with Crippen molar-refractivity contribution < 1.29 is 14.6 Å². The fourth-order valence-electron chi connectivity index (χ4n) is 5.17. The second-order valence-corrected chi connectivity index (χ2v) is 8.10. The molecule has 138 valence electrons. The minimum atomic E-state index is -0.242. The van der Waals surface area contributed by atoms with Crippen LogP contribution in [0.15, 0.2) is 42.5 Å². The van der Waals surface area contributed by atoms with Gasteiger partial charge in [-0.3, -0.25) is 9.69 Å². The number of aliphatic hydroxyl groups is 1. The van der Waals surface area contributed by atoms with Gasteiger partial charge in [0.1, 0.15) is 6.04 Å². The summed E-state index contributed by atoms with van der Waals surface area (Å²) >= 11 is 0. The molecule has 2 bridgehead atoms. The molecule has 5 rings (SSSR count). The average Bonchev–Trinajstić information content (AvgIpc) is 3.37. The Morgan fingerprint density at radius 3 is 2.27 bits per heavy atom. The summed E-state index contributed by atoms with van der Waals surface area (Å²) in [5, 5.41) is 9.86. The fraction of sp³-hybridized carbons (Fsp3) is 0.571. The molecule has 0 radical (unpaired) electrons. The van der Waals surface area contributed by atoms with Crippen LogP contribution in [-0.4, -0.2) is 65.3 Å². The summed E-state index contributed by atoms with van der Waals surface area (Å²) in [4.78, 5) is 17.9. The molecule has 1 amide bonds. The molecule has 3 fully saturated rings. The molecular formula is C21H26N2O3. The second kappa shape index (κ2) is 6.48. The van der Waals surface area contributed by atoms with Gasteiger partial charge in [0, 0.05) is 38.0 Å². The number of hydrogen-bond acceptors (Lipinski definition) is 4. The molecule has 5 unspecified atom stereocenters. The predicted octanol–water partition coefficient (Wildman–Crippen LogP) is 1.60. The largest absolute Gasteiger partial charge is 0.393 e. The number of rotatable bonds is 3. The van der Waals surface area contributed by atoms with Gasteiger partial charge in [-0.2, -0.15) is 0 Å². The lowest BCUT2D eigenvalue weighted by atomic mass is 9.86. The highest BCUT2D eigenvalue weighted by molar-refractivity contribution is 5.83. The number of ether oxygens (including phenoxy) is 1. The van der Waals surface area contributed by atoms with E-state index in [1.54, 1.807) is 0 Å². The van der Waals surface area contributed by atoms with Gasteiger partial charge in [-0.1, -0.05) is 42.5 Å². The number of amides is 1. The maximum atomic E-state index is 13.6. The molecule has 1 N–H and O–H groups in total. The van der Waals surface area contributed by atoms with E-state index in [9.17, 15) is 9.90 Å². The van der Waals surface area contributed by atoms with Crippen molar-refractivity contribution in [3.63, 3.8) is 0 Å². The van der Waals surface area contributed by atoms with E-state index in [2.05, 4.69) is 34.1 Å². The number of likely N-dealkylation sites (tertiary alicyclic amines) is 2. The van der Waals surface area contributed by atoms with Gasteiger partial charge in [0.25, 0.3) is 0 Å². The molecule has 5 atom stereocenters. The number of piperidine rings is 1. The molecule has 3 saturated heterocycles. The Bertz CT molecular complexity index is 678. The molecule has 0 aliphatic carbocycles. The van der Waals surface area contributed by atoms with Crippen molar-refractivity contribution >= 4 is 5.91 Å². The number of benzene rings is 1. The molecule has 1 aromatic rings. The molecule has 4 heterocycles. The van der Waals surface area contributed by atoms with E-state index in [1.807, 2.05) is 18.2 Å². The lowest BCUT2D eigenvalue weighted by molar-refractivity contribution is -0.138. The van der Waals surface area contributed by atoms with Crippen LogP contribution in [0.1, 0.15) is 24.4 Å². The van der Waals surface area contributed by atoms with Gasteiger partial charge in [0.2, 0.25) is 5.91 Å². The lowest BCUT2D eigenvalue weighted by Crippen LogP contribution is -2.46. The van der Waals surface area contributed by atoms with Crippen LogP contribution in [0.2, 0.25) is 0 Å². The number of fused-ring (bicyclic) bond motifs is 5. The Labute approximate surface area is 154 Å². The maximum Gasteiger partial charge on any atom is 0.244 e. The first-order valence-corrected chi connectivity index (χ1v) is 9.80. The molecule has 26 heavy (non-hydrogen) atoms. The summed E-state index contributed by atoms with van der Waals surface area (Å²) in [5.74, 6) is 1.11. The van der Waals surface area contributed by atoms with E-state index in [-0.39, 0.29) is 30.3 Å². The highest BCUT2D eigenvalue weighted by atomic mass is 16.5. The third-order valence-corrected chi connectivity index (χ3v) is 6.59. The van der Waals surface area contributed by atoms with Gasteiger partial charge in [0.15, 0.2) is 0 Å².